The first-order chi connectivity index (χ1) is 7.04. The van der Waals surface area contributed by atoms with Gasteiger partial charge in [0, 0.05) is 39.3 Å². The molecule has 0 radical (unpaired) electrons. The molecule has 0 bridgehead atoms. The van der Waals surface area contributed by atoms with Crippen molar-refractivity contribution in [3.05, 3.63) is 0 Å². The Morgan fingerprint density at radius 1 is 1.33 bits per heavy atom. The minimum atomic E-state index is -4.05. The zero-order valence-corrected chi connectivity index (χ0v) is 9.41. The quantitative estimate of drug-likeness (QED) is 0.507. The van der Waals surface area contributed by atoms with E-state index in [1.54, 1.807) is 0 Å². The molecule has 0 aromatic carbocycles. The van der Waals surface area contributed by atoms with Crippen LogP contribution < -0.4 is 5.32 Å². The highest BCUT2D eigenvalue weighted by molar-refractivity contribution is 7.86. The van der Waals surface area contributed by atoms with Gasteiger partial charge in [-0.1, -0.05) is 0 Å². The fourth-order valence-corrected chi connectivity index (χ4v) is 2.46. The van der Waals surface area contributed by atoms with Crippen LogP contribution in [0.5, 0.6) is 0 Å². The van der Waals surface area contributed by atoms with Gasteiger partial charge in [0.1, 0.15) is 5.25 Å². The Balaban J connectivity index is 2.50. The molecule has 0 aliphatic carbocycles. The number of hydrogen-bond acceptors (Lipinski definition) is 5. The molecule has 7 heteroatoms. The molecule has 0 saturated carbocycles. The Labute approximate surface area is 90.0 Å². The number of hydrogen-bond donors (Lipinski definition) is 3. The first-order valence-corrected chi connectivity index (χ1v) is 6.54. The largest absolute Gasteiger partial charge is 0.396 e. The second-order valence-electron chi connectivity index (χ2n) is 3.70. The summed E-state index contributed by atoms with van der Waals surface area (Å²) in [5.74, 6) is 0. The molecule has 1 aliphatic heterocycles. The number of nitrogens with zero attached hydrogens (tertiary/aromatic N) is 1. The fraction of sp³-hybridized carbons (Fsp3) is 1.00. The van der Waals surface area contributed by atoms with Crippen LogP contribution in [0, 0.1) is 0 Å². The van der Waals surface area contributed by atoms with Crippen molar-refractivity contribution >= 4 is 10.1 Å². The molecule has 1 fully saturated rings. The zero-order chi connectivity index (χ0) is 11.3. The summed E-state index contributed by atoms with van der Waals surface area (Å²) in [7, 11) is -4.05. The summed E-state index contributed by atoms with van der Waals surface area (Å²) < 4.78 is 31.0. The molecule has 1 heterocycles. The maximum absolute atomic E-state index is 11.0. The average molecular weight is 238 g/mol. The van der Waals surface area contributed by atoms with Crippen molar-refractivity contribution < 1.29 is 18.1 Å². The lowest BCUT2D eigenvalue weighted by atomic mass is 10.2. The lowest BCUT2D eigenvalue weighted by molar-refractivity contribution is 0.219. The van der Waals surface area contributed by atoms with Crippen molar-refractivity contribution in [2.45, 2.75) is 11.7 Å². The van der Waals surface area contributed by atoms with Crippen molar-refractivity contribution in [2.75, 3.05) is 39.3 Å². The Hall–Kier alpha value is -0.210. The lowest BCUT2D eigenvalue weighted by Crippen LogP contribution is -2.47. The van der Waals surface area contributed by atoms with E-state index in [1.807, 2.05) is 4.90 Å². The Bertz CT molecular complexity index is 274. The van der Waals surface area contributed by atoms with E-state index >= 15 is 0 Å². The molecule has 1 aliphatic rings. The third-order valence-corrected chi connectivity index (χ3v) is 3.77. The number of aliphatic hydroxyl groups excluding tert-OH is 1. The standard InChI is InChI=1S/C8H18N2O4S/c11-6-1-8(15(12,13)14)7-10-4-2-9-3-5-10/h8-9,11H,1-7H2,(H,12,13,14). The molecule has 3 N–H and O–H groups in total. The van der Waals surface area contributed by atoms with Gasteiger partial charge in [0.15, 0.2) is 0 Å². The topological polar surface area (TPSA) is 89.9 Å². The van der Waals surface area contributed by atoms with E-state index in [-0.39, 0.29) is 13.0 Å². The number of piperazine rings is 1. The summed E-state index contributed by atoms with van der Waals surface area (Å²) in [4.78, 5) is 1.98. The van der Waals surface area contributed by atoms with E-state index in [0.29, 0.717) is 6.54 Å². The minimum Gasteiger partial charge on any atom is -0.396 e. The van der Waals surface area contributed by atoms with E-state index in [0.717, 1.165) is 26.2 Å². The molecule has 0 aromatic heterocycles. The van der Waals surface area contributed by atoms with Crippen LogP contribution >= 0.6 is 0 Å². The van der Waals surface area contributed by atoms with Gasteiger partial charge in [0.2, 0.25) is 0 Å². The SMILES string of the molecule is O=S(=O)(O)C(CCO)CN1CCNCC1. The second-order valence-corrected chi connectivity index (χ2v) is 5.40. The maximum atomic E-state index is 11.0. The van der Waals surface area contributed by atoms with Gasteiger partial charge in [0.25, 0.3) is 10.1 Å². The smallest absolute Gasteiger partial charge is 0.269 e. The van der Waals surface area contributed by atoms with Crippen molar-refractivity contribution in [1.82, 2.24) is 10.2 Å². The summed E-state index contributed by atoms with van der Waals surface area (Å²) in [6, 6.07) is 0. The lowest BCUT2D eigenvalue weighted by Gasteiger charge is -2.29. The van der Waals surface area contributed by atoms with Crippen molar-refractivity contribution in [3.8, 4) is 0 Å². The highest BCUT2D eigenvalue weighted by Crippen LogP contribution is 2.07. The highest BCUT2D eigenvalue weighted by atomic mass is 32.2. The molecule has 1 saturated heterocycles. The molecule has 6 nitrogen and oxygen atoms in total. The molecule has 0 spiro atoms. The van der Waals surface area contributed by atoms with Crippen LogP contribution in [0.15, 0.2) is 0 Å². The third-order valence-electron chi connectivity index (χ3n) is 2.54. The summed E-state index contributed by atoms with van der Waals surface area (Å²) >= 11 is 0. The molecule has 0 aromatic rings. The Kier molecular flexibility index (Phi) is 4.94. The van der Waals surface area contributed by atoms with Crippen LogP contribution in [0.4, 0.5) is 0 Å². The summed E-state index contributed by atoms with van der Waals surface area (Å²) in [5.41, 5.74) is 0. The highest BCUT2D eigenvalue weighted by Gasteiger charge is 2.25. The van der Waals surface area contributed by atoms with Crippen LogP contribution in [0.2, 0.25) is 0 Å². The predicted octanol–water partition coefficient (Wildman–Crippen LogP) is -1.47. The summed E-state index contributed by atoms with van der Waals surface area (Å²) in [5, 5.41) is 11.0. The molecular formula is C8H18N2O4S. The molecule has 1 atom stereocenters. The molecule has 1 rings (SSSR count). The van der Waals surface area contributed by atoms with Crippen LogP contribution in [-0.2, 0) is 10.1 Å². The monoisotopic (exact) mass is 238 g/mol. The van der Waals surface area contributed by atoms with Gasteiger partial charge in [-0.25, -0.2) is 0 Å². The minimum absolute atomic E-state index is 0.0861. The molecule has 90 valence electrons. The zero-order valence-electron chi connectivity index (χ0n) is 8.59. The number of aliphatic hydroxyl groups is 1. The van der Waals surface area contributed by atoms with Gasteiger partial charge in [-0.3, -0.25) is 9.45 Å². The van der Waals surface area contributed by atoms with Gasteiger partial charge in [0.05, 0.1) is 0 Å². The van der Waals surface area contributed by atoms with Crippen LogP contribution in [-0.4, -0.2) is 67.6 Å². The van der Waals surface area contributed by atoms with Crippen molar-refractivity contribution in [1.29, 1.82) is 0 Å². The maximum Gasteiger partial charge on any atom is 0.269 e. The van der Waals surface area contributed by atoms with Crippen molar-refractivity contribution in [3.63, 3.8) is 0 Å². The van der Waals surface area contributed by atoms with E-state index < -0.39 is 15.4 Å². The average Bonchev–Trinajstić information content (AvgIpc) is 2.17. The molecule has 15 heavy (non-hydrogen) atoms. The van der Waals surface area contributed by atoms with E-state index in [1.165, 1.54) is 0 Å². The third kappa shape index (κ3) is 4.43. The summed E-state index contributed by atoms with van der Waals surface area (Å²) in [6.45, 7) is 3.28. The first kappa shape index (κ1) is 12.9. The number of nitrogens with one attached hydrogen (secondary N) is 1. The van der Waals surface area contributed by atoms with E-state index in [2.05, 4.69) is 5.32 Å². The van der Waals surface area contributed by atoms with Gasteiger partial charge < -0.3 is 10.4 Å². The first-order valence-electron chi connectivity index (χ1n) is 5.04. The Morgan fingerprint density at radius 3 is 2.40 bits per heavy atom. The molecular weight excluding hydrogens is 220 g/mol. The van der Waals surface area contributed by atoms with Gasteiger partial charge in [-0.05, 0) is 6.42 Å². The Morgan fingerprint density at radius 2 is 1.93 bits per heavy atom. The predicted molar refractivity (Wildman–Crippen MR) is 56.3 cm³/mol. The van der Waals surface area contributed by atoms with Gasteiger partial charge in [-0.15, -0.1) is 0 Å². The second kappa shape index (κ2) is 5.76. The van der Waals surface area contributed by atoms with E-state index in [4.69, 9.17) is 9.66 Å². The number of rotatable bonds is 5. The van der Waals surface area contributed by atoms with E-state index in [9.17, 15) is 8.42 Å². The van der Waals surface area contributed by atoms with Gasteiger partial charge in [-0.2, -0.15) is 8.42 Å². The normalized spacial score (nSPS) is 21.5. The van der Waals surface area contributed by atoms with Crippen LogP contribution in [0.3, 0.4) is 0 Å². The molecule has 0 amide bonds. The van der Waals surface area contributed by atoms with Crippen LogP contribution in [0.25, 0.3) is 0 Å². The molecule has 1 unspecified atom stereocenters. The fourth-order valence-electron chi connectivity index (χ4n) is 1.66. The van der Waals surface area contributed by atoms with Crippen LogP contribution in [0.1, 0.15) is 6.42 Å². The van der Waals surface area contributed by atoms with Gasteiger partial charge >= 0.3 is 0 Å². The summed E-state index contributed by atoms with van der Waals surface area (Å²) in [6.07, 6.45) is 0.0861. The van der Waals surface area contributed by atoms with Crippen molar-refractivity contribution in [2.24, 2.45) is 0 Å².